The van der Waals surface area contributed by atoms with E-state index in [1.807, 2.05) is 20.8 Å². The molecule has 0 fully saturated rings. The summed E-state index contributed by atoms with van der Waals surface area (Å²) >= 11 is 5.78. The topological polar surface area (TPSA) is 69.2 Å². The minimum absolute atomic E-state index is 0.129. The third-order valence-electron chi connectivity index (χ3n) is 2.17. The number of nitrogens with one attached hydrogen (secondary N) is 1. The van der Waals surface area contributed by atoms with Crippen LogP contribution in [0.15, 0.2) is 0 Å². The standard InChI is InChI=1S/C12H21ClN4O2/c1-4-18-12-16-10(13)15-11(17-12)14-7-5-6-8-19-9(2)3/h9H,4-8H2,1-3H3,(H,14,15,16,17). The fourth-order valence-corrected chi connectivity index (χ4v) is 1.50. The van der Waals surface area contributed by atoms with Crippen LogP contribution in [-0.4, -0.2) is 40.8 Å². The molecule has 0 aliphatic heterocycles. The number of nitrogens with zero attached hydrogens (tertiary/aromatic N) is 3. The molecule has 0 bridgehead atoms. The fourth-order valence-electron chi connectivity index (χ4n) is 1.35. The molecule has 6 nitrogen and oxygen atoms in total. The summed E-state index contributed by atoms with van der Waals surface area (Å²) in [6, 6.07) is 0.244. The number of ether oxygens (including phenoxy) is 2. The molecule has 0 radical (unpaired) electrons. The van der Waals surface area contributed by atoms with Gasteiger partial charge in [0, 0.05) is 13.2 Å². The highest BCUT2D eigenvalue weighted by atomic mass is 35.5. The van der Waals surface area contributed by atoms with Gasteiger partial charge in [-0.05, 0) is 45.2 Å². The van der Waals surface area contributed by atoms with Crippen molar-refractivity contribution < 1.29 is 9.47 Å². The molecule has 1 aromatic heterocycles. The quantitative estimate of drug-likeness (QED) is 0.704. The number of halogens is 1. The van der Waals surface area contributed by atoms with Gasteiger partial charge in [-0.2, -0.15) is 15.0 Å². The van der Waals surface area contributed by atoms with Gasteiger partial charge in [-0.1, -0.05) is 0 Å². The fraction of sp³-hybridized carbons (Fsp3) is 0.750. The van der Waals surface area contributed by atoms with Crippen LogP contribution >= 0.6 is 11.6 Å². The zero-order valence-corrected chi connectivity index (χ0v) is 12.4. The Hall–Kier alpha value is -1.14. The van der Waals surface area contributed by atoms with Gasteiger partial charge in [0.05, 0.1) is 12.7 Å². The summed E-state index contributed by atoms with van der Waals surface area (Å²) in [5.74, 6) is 0.438. The third kappa shape index (κ3) is 7.12. The molecule has 0 unspecified atom stereocenters. The van der Waals surface area contributed by atoms with E-state index >= 15 is 0 Å². The van der Waals surface area contributed by atoms with Gasteiger partial charge in [0.15, 0.2) is 0 Å². The lowest BCUT2D eigenvalue weighted by molar-refractivity contribution is 0.0765. The molecule has 1 aromatic rings. The van der Waals surface area contributed by atoms with Gasteiger partial charge >= 0.3 is 6.01 Å². The summed E-state index contributed by atoms with van der Waals surface area (Å²) in [5.41, 5.74) is 0. The van der Waals surface area contributed by atoms with E-state index in [2.05, 4.69) is 20.3 Å². The molecule has 0 saturated heterocycles. The number of hydrogen-bond acceptors (Lipinski definition) is 6. The van der Waals surface area contributed by atoms with Crippen molar-refractivity contribution in [3.8, 4) is 6.01 Å². The number of anilines is 1. The largest absolute Gasteiger partial charge is 0.464 e. The average Bonchev–Trinajstić information content (AvgIpc) is 2.33. The molecule has 0 atom stereocenters. The Morgan fingerprint density at radius 3 is 2.68 bits per heavy atom. The van der Waals surface area contributed by atoms with Crippen LogP contribution in [0.25, 0.3) is 0 Å². The van der Waals surface area contributed by atoms with Gasteiger partial charge in [0.25, 0.3) is 0 Å². The smallest absolute Gasteiger partial charge is 0.322 e. The van der Waals surface area contributed by atoms with E-state index in [0.717, 1.165) is 26.0 Å². The van der Waals surface area contributed by atoms with Crippen molar-refractivity contribution in [2.24, 2.45) is 0 Å². The molecule has 1 heterocycles. The van der Waals surface area contributed by atoms with Crippen molar-refractivity contribution in [3.05, 3.63) is 5.28 Å². The molecular formula is C12H21ClN4O2. The first-order valence-electron chi connectivity index (χ1n) is 6.51. The highest BCUT2D eigenvalue weighted by Gasteiger charge is 2.04. The molecule has 0 aliphatic carbocycles. The molecule has 0 aromatic carbocycles. The minimum Gasteiger partial charge on any atom is -0.464 e. The van der Waals surface area contributed by atoms with Crippen molar-refractivity contribution in [2.45, 2.75) is 39.7 Å². The lowest BCUT2D eigenvalue weighted by Gasteiger charge is -2.08. The monoisotopic (exact) mass is 288 g/mol. The Morgan fingerprint density at radius 1 is 1.21 bits per heavy atom. The van der Waals surface area contributed by atoms with Gasteiger partial charge < -0.3 is 14.8 Å². The second-order valence-corrected chi connectivity index (χ2v) is 4.54. The summed E-state index contributed by atoms with van der Waals surface area (Å²) < 4.78 is 10.6. The van der Waals surface area contributed by atoms with Crippen LogP contribution in [0.2, 0.25) is 5.28 Å². The summed E-state index contributed by atoms with van der Waals surface area (Å²) in [7, 11) is 0. The van der Waals surface area contributed by atoms with Gasteiger partial charge in [-0.25, -0.2) is 0 Å². The predicted molar refractivity (Wildman–Crippen MR) is 74.8 cm³/mol. The summed E-state index contributed by atoms with van der Waals surface area (Å²) in [6.07, 6.45) is 2.24. The van der Waals surface area contributed by atoms with Crippen molar-refractivity contribution >= 4 is 17.5 Å². The second kappa shape index (κ2) is 8.87. The van der Waals surface area contributed by atoms with E-state index in [0.29, 0.717) is 12.6 Å². The average molecular weight is 289 g/mol. The van der Waals surface area contributed by atoms with Crippen LogP contribution in [0.5, 0.6) is 6.01 Å². The molecule has 0 saturated carbocycles. The van der Waals surface area contributed by atoms with E-state index in [1.165, 1.54) is 0 Å². The maximum atomic E-state index is 5.78. The van der Waals surface area contributed by atoms with Gasteiger partial charge in [0.2, 0.25) is 11.2 Å². The van der Waals surface area contributed by atoms with E-state index in [4.69, 9.17) is 21.1 Å². The van der Waals surface area contributed by atoms with E-state index in [1.54, 1.807) is 0 Å². The number of aromatic nitrogens is 3. The first kappa shape index (κ1) is 15.9. The lowest BCUT2D eigenvalue weighted by Crippen LogP contribution is -2.10. The van der Waals surface area contributed by atoms with Crippen LogP contribution in [0.4, 0.5) is 5.95 Å². The zero-order chi connectivity index (χ0) is 14.1. The predicted octanol–water partition coefficient (Wildman–Crippen LogP) is 2.54. The molecule has 0 spiro atoms. The second-order valence-electron chi connectivity index (χ2n) is 4.20. The Morgan fingerprint density at radius 2 is 2.00 bits per heavy atom. The molecular weight excluding hydrogens is 268 g/mol. The molecule has 0 aliphatic rings. The minimum atomic E-state index is 0.129. The van der Waals surface area contributed by atoms with Gasteiger partial charge in [-0.3, -0.25) is 0 Å². The Kier molecular flexibility index (Phi) is 7.43. The van der Waals surface area contributed by atoms with Crippen molar-refractivity contribution in [1.82, 2.24) is 15.0 Å². The van der Waals surface area contributed by atoms with Crippen LogP contribution in [0.3, 0.4) is 0 Å². The summed E-state index contributed by atoms with van der Waals surface area (Å²) in [6.45, 7) is 7.93. The van der Waals surface area contributed by atoms with Crippen LogP contribution in [0, 0.1) is 0 Å². The zero-order valence-electron chi connectivity index (χ0n) is 11.6. The first-order valence-corrected chi connectivity index (χ1v) is 6.89. The Balaban J connectivity index is 2.28. The number of rotatable bonds is 9. The molecule has 1 N–H and O–H groups in total. The molecule has 0 amide bonds. The van der Waals surface area contributed by atoms with Crippen molar-refractivity contribution in [3.63, 3.8) is 0 Å². The van der Waals surface area contributed by atoms with Crippen LogP contribution in [-0.2, 0) is 4.74 Å². The lowest BCUT2D eigenvalue weighted by atomic mass is 10.3. The van der Waals surface area contributed by atoms with E-state index < -0.39 is 0 Å². The van der Waals surface area contributed by atoms with Crippen molar-refractivity contribution in [1.29, 1.82) is 0 Å². The van der Waals surface area contributed by atoms with Gasteiger partial charge in [0.1, 0.15) is 0 Å². The molecule has 19 heavy (non-hydrogen) atoms. The maximum Gasteiger partial charge on any atom is 0.322 e. The molecule has 7 heteroatoms. The summed E-state index contributed by atoms with van der Waals surface area (Å²) in [5, 5.41) is 3.22. The van der Waals surface area contributed by atoms with Crippen LogP contribution < -0.4 is 10.1 Å². The summed E-state index contributed by atoms with van der Waals surface area (Å²) in [4.78, 5) is 11.9. The van der Waals surface area contributed by atoms with E-state index in [9.17, 15) is 0 Å². The maximum absolute atomic E-state index is 5.78. The number of hydrogen-bond donors (Lipinski definition) is 1. The third-order valence-corrected chi connectivity index (χ3v) is 2.34. The highest BCUT2D eigenvalue weighted by molar-refractivity contribution is 6.28. The van der Waals surface area contributed by atoms with Crippen molar-refractivity contribution in [2.75, 3.05) is 25.1 Å². The highest BCUT2D eigenvalue weighted by Crippen LogP contribution is 2.11. The normalized spacial score (nSPS) is 10.8. The van der Waals surface area contributed by atoms with Gasteiger partial charge in [-0.15, -0.1) is 0 Å². The molecule has 108 valence electrons. The Labute approximate surface area is 118 Å². The molecule has 1 rings (SSSR count). The number of unbranched alkanes of at least 4 members (excludes halogenated alkanes) is 1. The van der Waals surface area contributed by atoms with Crippen LogP contribution in [0.1, 0.15) is 33.6 Å². The Bertz CT molecular complexity index is 377. The van der Waals surface area contributed by atoms with E-state index in [-0.39, 0.29) is 17.4 Å². The SMILES string of the molecule is CCOc1nc(Cl)nc(NCCCCOC(C)C)n1. The first-order chi connectivity index (χ1) is 9.11.